The first-order valence-electron chi connectivity index (χ1n) is 5.16. The van der Waals surface area contributed by atoms with Crippen LogP contribution in [0.4, 0.5) is 0 Å². The summed E-state index contributed by atoms with van der Waals surface area (Å²) >= 11 is 4.98. The van der Waals surface area contributed by atoms with Gasteiger partial charge in [0.2, 0.25) is 0 Å². The quantitative estimate of drug-likeness (QED) is 0.826. The highest BCUT2D eigenvalue weighted by atomic mass is 79.9. The van der Waals surface area contributed by atoms with E-state index in [-0.39, 0.29) is 0 Å². The Hall–Kier alpha value is -1.18. The Kier molecular flexibility index (Phi) is 3.32. The van der Waals surface area contributed by atoms with Gasteiger partial charge in [-0.2, -0.15) is 5.26 Å². The van der Waals surface area contributed by atoms with Crippen LogP contribution in [-0.2, 0) is 5.41 Å². The molecule has 2 rings (SSSR count). The molecule has 0 aliphatic heterocycles. The maximum Gasteiger partial charge on any atom is 0.113 e. The fourth-order valence-corrected chi connectivity index (χ4v) is 2.69. The van der Waals surface area contributed by atoms with E-state index in [2.05, 4.69) is 27.0 Å². The van der Waals surface area contributed by atoms with Crippen LogP contribution in [-0.4, -0.2) is 4.98 Å². The van der Waals surface area contributed by atoms with E-state index in [0.29, 0.717) is 0 Å². The third-order valence-corrected chi connectivity index (χ3v) is 4.10. The number of aromatic nitrogens is 1. The van der Waals surface area contributed by atoms with E-state index in [0.717, 1.165) is 20.7 Å². The van der Waals surface area contributed by atoms with Crippen LogP contribution in [0, 0.1) is 11.3 Å². The van der Waals surface area contributed by atoms with Crippen LogP contribution in [0.2, 0.25) is 0 Å². The molecular weight excluding hydrogens is 296 g/mol. The number of hydrogen-bond acceptors (Lipinski definition) is 3. The summed E-state index contributed by atoms with van der Waals surface area (Å²) in [6, 6.07) is 10.3. The number of halogens is 1. The largest absolute Gasteiger partial charge is 0.240 e. The molecule has 0 amide bonds. The van der Waals surface area contributed by atoms with Gasteiger partial charge in [-0.3, -0.25) is 0 Å². The number of rotatable bonds is 2. The van der Waals surface area contributed by atoms with E-state index in [1.165, 1.54) is 11.3 Å². The van der Waals surface area contributed by atoms with Crippen LogP contribution in [0.1, 0.15) is 18.9 Å². The van der Waals surface area contributed by atoms with Crippen molar-refractivity contribution in [1.82, 2.24) is 4.98 Å². The van der Waals surface area contributed by atoms with Crippen molar-refractivity contribution in [1.29, 1.82) is 5.26 Å². The van der Waals surface area contributed by atoms with Gasteiger partial charge in [0.05, 0.1) is 11.8 Å². The maximum absolute atomic E-state index is 9.08. The highest BCUT2D eigenvalue weighted by molar-refractivity contribution is 9.10. The molecule has 0 aliphatic carbocycles. The number of benzene rings is 1. The van der Waals surface area contributed by atoms with Gasteiger partial charge >= 0.3 is 0 Å². The zero-order valence-corrected chi connectivity index (χ0v) is 12.0. The lowest BCUT2D eigenvalue weighted by Gasteiger charge is -2.09. The minimum absolute atomic E-state index is 0.519. The van der Waals surface area contributed by atoms with E-state index in [4.69, 9.17) is 5.26 Å². The molecular formula is C13H11BrN2S. The number of thiazole rings is 1. The third-order valence-electron chi connectivity index (χ3n) is 2.44. The lowest BCUT2D eigenvalue weighted by molar-refractivity contribution is 0.680. The van der Waals surface area contributed by atoms with Crippen LogP contribution in [0.3, 0.4) is 0 Å². The first-order valence-corrected chi connectivity index (χ1v) is 6.83. The second kappa shape index (κ2) is 4.59. The van der Waals surface area contributed by atoms with Crippen molar-refractivity contribution in [3.63, 3.8) is 0 Å². The highest BCUT2D eigenvalue weighted by Gasteiger charge is 2.23. The number of hydrogen-bond donors (Lipinski definition) is 0. The molecule has 0 bridgehead atoms. The van der Waals surface area contributed by atoms with Crippen molar-refractivity contribution in [2.45, 2.75) is 19.3 Å². The summed E-state index contributed by atoms with van der Waals surface area (Å²) in [7, 11) is 0. The molecule has 0 saturated carbocycles. The van der Waals surface area contributed by atoms with Crippen LogP contribution < -0.4 is 0 Å². The SMILES string of the molecule is CC(C)(C#N)c1nc(-c2cccc(Br)c2)cs1. The molecule has 0 spiro atoms. The van der Waals surface area contributed by atoms with Crippen LogP contribution >= 0.6 is 27.3 Å². The molecule has 0 aliphatic rings. The molecule has 86 valence electrons. The summed E-state index contributed by atoms with van der Waals surface area (Å²) in [5.74, 6) is 0. The molecule has 0 unspecified atom stereocenters. The van der Waals surface area contributed by atoms with Crippen LogP contribution in [0.15, 0.2) is 34.1 Å². The van der Waals surface area contributed by atoms with Crippen molar-refractivity contribution in [3.8, 4) is 17.3 Å². The molecule has 1 heterocycles. The van der Waals surface area contributed by atoms with Gasteiger partial charge in [0.1, 0.15) is 10.4 Å². The van der Waals surface area contributed by atoms with Crippen LogP contribution in [0.5, 0.6) is 0 Å². The van der Waals surface area contributed by atoms with E-state index in [1.54, 1.807) is 0 Å². The van der Waals surface area contributed by atoms with Gasteiger partial charge < -0.3 is 0 Å². The number of nitriles is 1. The number of nitrogens with zero attached hydrogens (tertiary/aromatic N) is 2. The molecule has 1 aromatic heterocycles. The van der Waals surface area contributed by atoms with Crippen LogP contribution in [0.25, 0.3) is 11.3 Å². The molecule has 0 N–H and O–H groups in total. The Morgan fingerprint density at radius 1 is 1.41 bits per heavy atom. The lowest BCUT2D eigenvalue weighted by Crippen LogP contribution is -2.13. The zero-order valence-electron chi connectivity index (χ0n) is 9.57. The summed E-state index contributed by atoms with van der Waals surface area (Å²) < 4.78 is 1.03. The predicted molar refractivity (Wildman–Crippen MR) is 73.9 cm³/mol. The topological polar surface area (TPSA) is 36.7 Å². The summed E-state index contributed by atoms with van der Waals surface area (Å²) in [6.07, 6.45) is 0. The Balaban J connectivity index is 2.41. The van der Waals surface area contributed by atoms with E-state index >= 15 is 0 Å². The first-order chi connectivity index (χ1) is 8.03. The average molecular weight is 307 g/mol. The van der Waals surface area contributed by atoms with Gasteiger partial charge in [0.15, 0.2) is 0 Å². The molecule has 0 radical (unpaired) electrons. The Morgan fingerprint density at radius 3 is 2.82 bits per heavy atom. The molecule has 1 aromatic carbocycles. The first kappa shape index (κ1) is 12.3. The van der Waals surface area contributed by atoms with Crippen molar-refractivity contribution < 1.29 is 0 Å². The standard InChI is InChI=1S/C13H11BrN2S/c1-13(2,8-15)12-16-11(7-17-12)9-4-3-5-10(14)6-9/h3-7H,1-2H3. The Bertz CT molecular complexity index is 581. The fourth-order valence-electron chi connectivity index (χ4n) is 1.39. The van der Waals surface area contributed by atoms with Gasteiger partial charge in [-0.05, 0) is 26.0 Å². The smallest absolute Gasteiger partial charge is 0.113 e. The van der Waals surface area contributed by atoms with Crippen molar-refractivity contribution in [2.75, 3.05) is 0 Å². The third kappa shape index (κ3) is 2.56. The predicted octanol–water partition coefficient (Wildman–Crippen LogP) is 4.37. The second-order valence-electron chi connectivity index (χ2n) is 4.29. The van der Waals surface area contributed by atoms with Gasteiger partial charge in [-0.1, -0.05) is 28.1 Å². The van der Waals surface area contributed by atoms with Gasteiger partial charge in [-0.15, -0.1) is 11.3 Å². The maximum atomic E-state index is 9.08. The molecule has 2 aromatic rings. The molecule has 0 atom stereocenters. The monoisotopic (exact) mass is 306 g/mol. The van der Waals surface area contributed by atoms with Gasteiger partial charge in [-0.25, -0.2) is 4.98 Å². The summed E-state index contributed by atoms with van der Waals surface area (Å²) in [4.78, 5) is 4.54. The van der Waals surface area contributed by atoms with E-state index in [1.807, 2.05) is 43.5 Å². The molecule has 2 nitrogen and oxygen atoms in total. The highest BCUT2D eigenvalue weighted by Crippen LogP contribution is 2.30. The molecule has 0 saturated heterocycles. The molecule has 0 fully saturated rings. The summed E-state index contributed by atoms with van der Waals surface area (Å²) in [5, 5.41) is 11.9. The normalized spacial score (nSPS) is 11.2. The summed E-state index contributed by atoms with van der Waals surface area (Å²) in [5.41, 5.74) is 1.47. The zero-order chi connectivity index (χ0) is 12.5. The Labute approximate surface area is 113 Å². The van der Waals surface area contributed by atoms with Crippen molar-refractivity contribution in [2.24, 2.45) is 0 Å². The van der Waals surface area contributed by atoms with E-state index < -0.39 is 5.41 Å². The Morgan fingerprint density at radius 2 is 2.18 bits per heavy atom. The lowest BCUT2D eigenvalue weighted by atomic mass is 9.97. The summed E-state index contributed by atoms with van der Waals surface area (Å²) in [6.45, 7) is 3.77. The average Bonchev–Trinajstić information content (AvgIpc) is 2.79. The second-order valence-corrected chi connectivity index (χ2v) is 6.06. The fraction of sp³-hybridized carbons (Fsp3) is 0.231. The van der Waals surface area contributed by atoms with Crippen molar-refractivity contribution in [3.05, 3.63) is 39.1 Å². The van der Waals surface area contributed by atoms with Gasteiger partial charge in [0, 0.05) is 15.4 Å². The van der Waals surface area contributed by atoms with E-state index in [9.17, 15) is 0 Å². The minimum Gasteiger partial charge on any atom is -0.240 e. The molecule has 17 heavy (non-hydrogen) atoms. The molecule has 4 heteroatoms. The van der Waals surface area contributed by atoms with Crippen molar-refractivity contribution >= 4 is 27.3 Å². The minimum atomic E-state index is -0.519. The van der Waals surface area contributed by atoms with Gasteiger partial charge in [0.25, 0.3) is 0 Å².